The molecule has 1 atom stereocenters. The first kappa shape index (κ1) is 20.9. The quantitative estimate of drug-likeness (QED) is 0.598. The third kappa shape index (κ3) is 6.37. The van der Waals surface area contributed by atoms with E-state index in [0.717, 1.165) is 5.56 Å². The van der Waals surface area contributed by atoms with Gasteiger partial charge in [-0.05, 0) is 57.5 Å². The molecule has 2 N–H and O–H groups in total. The van der Waals surface area contributed by atoms with Crippen LogP contribution in [0.25, 0.3) is 0 Å². The molecule has 0 radical (unpaired) electrons. The van der Waals surface area contributed by atoms with Gasteiger partial charge < -0.3 is 14.7 Å². The van der Waals surface area contributed by atoms with Gasteiger partial charge in [-0.2, -0.15) is 8.42 Å². The summed E-state index contributed by atoms with van der Waals surface area (Å²) in [5.74, 6) is -0.221. The van der Waals surface area contributed by atoms with Gasteiger partial charge >= 0.3 is 16.1 Å². The second kappa shape index (κ2) is 8.10. The van der Waals surface area contributed by atoms with Crippen molar-refractivity contribution in [1.82, 2.24) is 0 Å². The van der Waals surface area contributed by atoms with E-state index in [1.54, 1.807) is 45.0 Å². The maximum absolute atomic E-state index is 12.3. The monoisotopic (exact) mass is 391 g/mol. The molecule has 0 aliphatic heterocycles. The summed E-state index contributed by atoms with van der Waals surface area (Å²) in [7, 11) is -3.91. The summed E-state index contributed by atoms with van der Waals surface area (Å²) in [6.45, 7) is 7.24. The van der Waals surface area contributed by atoms with Crippen molar-refractivity contribution in [2.75, 3.05) is 0 Å². The first-order valence-corrected chi connectivity index (χ1v) is 9.96. The number of ether oxygens (including phenoxy) is 1. The molecule has 2 rings (SSSR count). The molecule has 0 fully saturated rings. The van der Waals surface area contributed by atoms with Crippen molar-refractivity contribution >= 4 is 16.1 Å². The minimum absolute atomic E-state index is 0.0269. The van der Waals surface area contributed by atoms with Crippen molar-refractivity contribution in [2.24, 2.45) is 5.73 Å². The van der Waals surface area contributed by atoms with E-state index in [-0.39, 0.29) is 17.1 Å². The fourth-order valence-electron chi connectivity index (χ4n) is 2.33. The maximum Gasteiger partial charge on any atom is 0.339 e. The number of hydrogen-bond donors (Lipinski definition) is 1. The highest BCUT2D eigenvalue weighted by atomic mass is 32.2. The highest BCUT2D eigenvalue weighted by molar-refractivity contribution is 7.87. The SMILES string of the molecule is Cc1ccc(S(=O)(=O)Oc2ccc(C(N)CC(=O)OC(C)(C)C)cc2)cc1. The number of benzene rings is 2. The predicted molar refractivity (Wildman–Crippen MR) is 103 cm³/mol. The lowest BCUT2D eigenvalue weighted by Crippen LogP contribution is -2.26. The molecule has 1 unspecified atom stereocenters. The van der Waals surface area contributed by atoms with Crippen molar-refractivity contribution in [3.63, 3.8) is 0 Å². The minimum Gasteiger partial charge on any atom is -0.460 e. The summed E-state index contributed by atoms with van der Waals surface area (Å²) in [4.78, 5) is 12.0. The van der Waals surface area contributed by atoms with E-state index in [1.165, 1.54) is 24.3 Å². The van der Waals surface area contributed by atoms with E-state index in [2.05, 4.69) is 0 Å². The molecule has 0 saturated carbocycles. The molecule has 6 nitrogen and oxygen atoms in total. The molecule has 27 heavy (non-hydrogen) atoms. The average Bonchev–Trinajstić information content (AvgIpc) is 2.53. The van der Waals surface area contributed by atoms with Crippen LogP contribution in [-0.2, 0) is 19.6 Å². The van der Waals surface area contributed by atoms with Crippen molar-refractivity contribution in [3.8, 4) is 5.75 Å². The summed E-state index contributed by atoms with van der Waals surface area (Å²) in [5, 5.41) is 0. The number of hydrogen-bond acceptors (Lipinski definition) is 6. The summed E-state index contributed by atoms with van der Waals surface area (Å²) < 4.78 is 35.0. The van der Waals surface area contributed by atoms with E-state index >= 15 is 0 Å². The molecule has 2 aromatic rings. The predicted octanol–water partition coefficient (Wildman–Crippen LogP) is 3.49. The van der Waals surface area contributed by atoms with Crippen LogP contribution in [0.15, 0.2) is 53.4 Å². The third-order valence-electron chi connectivity index (χ3n) is 3.63. The zero-order chi connectivity index (χ0) is 20.2. The molecule has 0 heterocycles. The molecule has 0 bridgehead atoms. The molecule has 146 valence electrons. The number of carbonyl (C=O) groups is 1. The Morgan fingerprint density at radius 3 is 2.11 bits per heavy atom. The zero-order valence-corrected chi connectivity index (χ0v) is 16.7. The summed E-state index contributed by atoms with van der Waals surface area (Å²) in [6, 6.07) is 12.1. The van der Waals surface area contributed by atoms with Gasteiger partial charge in [0, 0.05) is 6.04 Å². The van der Waals surface area contributed by atoms with Crippen LogP contribution in [0.5, 0.6) is 5.75 Å². The van der Waals surface area contributed by atoms with E-state index in [0.29, 0.717) is 5.56 Å². The largest absolute Gasteiger partial charge is 0.460 e. The molecule has 0 spiro atoms. The van der Waals surface area contributed by atoms with E-state index in [9.17, 15) is 13.2 Å². The Bertz CT molecular complexity index is 881. The summed E-state index contributed by atoms with van der Waals surface area (Å²) in [6.07, 6.45) is 0.0269. The van der Waals surface area contributed by atoms with Gasteiger partial charge in [0.15, 0.2) is 0 Å². The third-order valence-corrected chi connectivity index (χ3v) is 4.89. The van der Waals surface area contributed by atoms with E-state index < -0.39 is 27.7 Å². The fraction of sp³-hybridized carbons (Fsp3) is 0.350. The number of carbonyl (C=O) groups excluding carboxylic acids is 1. The van der Waals surface area contributed by atoms with Crippen molar-refractivity contribution in [3.05, 3.63) is 59.7 Å². The normalized spacial score (nSPS) is 13.1. The first-order chi connectivity index (χ1) is 12.5. The van der Waals surface area contributed by atoms with Gasteiger partial charge in [0.05, 0.1) is 6.42 Å². The first-order valence-electron chi connectivity index (χ1n) is 8.55. The van der Waals surface area contributed by atoms with Crippen LogP contribution in [0.4, 0.5) is 0 Å². The van der Waals surface area contributed by atoms with Crippen LogP contribution in [0, 0.1) is 6.92 Å². The Hall–Kier alpha value is -2.38. The van der Waals surface area contributed by atoms with Crippen LogP contribution in [0.2, 0.25) is 0 Å². The number of rotatable bonds is 6. The highest BCUT2D eigenvalue weighted by Crippen LogP contribution is 2.23. The lowest BCUT2D eigenvalue weighted by molar-refractivity contribution is -0.155. The van der Waals surface area contributed by atoms with E-state index in [4.69, 9.17) is 14.7 Å². The summed E-state index contributed by atoms with van der Waals surface area (Å²) in [5.41, 5.74) is 7.10. The molecule has 0 aliphatic carbocycles. The van der Waals surface area contributed by atoms with Crippen molar-refractivity contribution < 1.29 is 22.1 Å². The van der Waals surface area contributed by atoms with Crippen LogP contribution in [0.3, 0.4) is 0 Å². The Kier molecular flexibility index (Phi) is 6.28. The van der Waals surface area contributed by atoms with Gasteiger partial charge in [0.25, 0.3) is 0 Å². The Morgan fingerprint density at radius 2 is 1.59 bits per heavy atom. The second-order valence-electron chi connectivity index (χ2n) is 7.32. The second-order valence-corrected chi connectivity index (χ2v) is 8.86. The maximum atomic E-state index is 12.3. The average molecular weight is 391 g/mol. The minimum atomic E-state index is -3.91. The number of nitrogens with two attached hydrogens (primary N) is 1. The Balaban J connectivity index is 2.04. The highest BCUT2D eigenvalue weighted by Gasteiger charge is 2.20. The smallest absolute Gasteiger partial charge is 0.339 e. The lowest BCUT2D eigenvalue weighted by atomic mass is 10.0. The molecule has 0 aromatic heterocycles. The number of esters is 1. The van der Waals surface area contributed by atoms with Crippen molar-refractivity contribution in [1.29, 1.82) is 0 Å². The van der Waals surface area contributed by atoms with Gasteiger partial charge in [-0.25, -0.2) is 0 Å². The molecular weight excluding hydrogens is 366 g/mol. The number of aryl methyl sites for hydroxylation is 1. The zero-order valence-electron chi connectivity index (χ0n) is 15.9. The van der Waals surface area contributed by atoms with Gasteiger partial charge in [0.2, 0.25) is 0 Å². The van der Waals surface area contributed by atoms with Gasteiger partial charge in [-0.15, -0.1) is 0 Å². The standard InChI is InChI=1S/C20H25NO5S/c1-14-5-11-17(12-6-14)27(23,24)26-16-9-7-15(8-10-16)18(21)13-19(22)25-20(2,3)4/h5-12,18H,13,21H2,1-4H3. The van der Waals surface area contributed by atoms with Gasteiger partial charge in [-0.1, -0.05) is 29.8 Å². The molecular formula is C20H25NO5S. The Labute approximate surface area is 160 Å². The van der Waals surface area contributed by atoms with Gasteiger partial charge in [0.1, 0.15) is 16.2 Å². The molecule has 0 amide bonds. The van der Waals surface area contributed by atoms with Gasteiger partial charge in [-0.3, -0.25) is 4.79 Å². The topological polar surface area (TPSA) is 95.7 Å². The molecule has 7 heteroatoms. The van der Waals surface area contributed by atoms with Crippen LogP contribution in [0.1, 0.15) is 44.4 Å². The lowest BCUT2D eigenvalue weighted by Gasteiger charge is -2.21. The summed E-state index contributed by atoms with van der Waals surface area (Å²) >= 11 is 0. The Morgan fingerprint density at radius 1 is 1.04 bits per heavy atom. The molecule has 2 aromatic carbocycles. The fourth-order valence-corrected chi connectivity index (χ4v) is 3.26. The molecule has 0 aliphatic rings. The van der Waals surface area contributed by atoms with Crippen LogP contribution < -0.4 is 9.92 Å². The van der Waals surface area contributed by atoms with Crippen LogP contribution in [-0.4, -0.2) is 20.0 Å². The van der Waals surface area contributed by atoms with E-state index in [1.807, 2.05) is 6.92 Å². The molecule has 0 saturated heterocycles. The van der Waals surface area contributed by atoms with Crippen LogP contribution >= 0.6 is 0 Å². The van der Waals surface area contributed by atoms with Crippen molar-refractivity contribution in [2.45, 2.75) is 50.7 Å².